The van der Waals surface area contributed by atoms with E-state index in [2.05, 4.69) is 41.9 Å². The first-order valence-corrected chi connectivity index (χ1v) is 10.7. The quantitative estimate of drug-likeness (QED) is 0.397. The van der Waals surface area contributed by atoms with Crippen LogP contribution in [0.25, 0.3) is 10.9 Å². The molecule has 10 heteroatoms. The van der Waals surface area contributed by atoms with Crippen molar-refractivity contribution in [2.24, 2.45) is 5.10 Å². The number of nitriles is 1. The van der Waals surface area contributed by atoms with Gasteiger partial charge in [0.1, 0.15) is 16.9 Å². The fraction of sp³-hybridized carbons (Fsp3) is 0.200. The maximum absolute atomic E-state index is 12.9. The molecule has 0 bridgehead atoms. The van der Waals surface area contributed by atoms with Gasteiger partial charge in [-0.15, -0.1) is 0 Å². The van der Waals surface area contributed by atoms with E-state index >= 15 is 0 Å². The van der Waals surface area contributed by atoms with Gasteiger partial charge in [-0.25, -0.2) is 4.98 Å². The summed E-state index contributed by atoms with van der Waals surface area (Å²) in [5.74, 6) is 1.06. The second-order valence-corrected chi connectivity index (χ2v) is 8.07. The van der Waals surface area contributed by atoms with Crippen molar-refractivity contribution in [2.75, 3.05) is 13.2 Å². The number of rotatable bonds is 6. The fourth-order valence-corrected chi connectivity index (χ4v) is 3.73. The number of aromatic nitrogens is 2. The Morgan fingerprint density at radius 2 is 2.10 bits per heavy atom. The Bertz CT molecular complexity index is 1250. The summed E-state index contributed by atoms with van der Waals surface area (Å²) in [6.07, 6.45) is 1.48. The highest BCUT2D eigenvalue weighted by Gasteiger charge is 2.17. The van der Waals surface area contributed by atoms with Gasteiger partial charge in [-0.3, -0.25) is 4.79 Å². The maximum atomic E-state index is 12.9. The van der Waals surface area contributed by atoms with Crippen LogP contribution in [0, 0.1) is 18.3 Å². The minimum atomic E-state index is -0.295. The third-order valence-corrected chi connectivity index (χ3v) is 5.96. The first-order valence-electron chi connectivity index (χ1n) is 8.75. The molecule has 1 aromatic heterocycles. The summed E-state index contributed by atoms with van der Waals surface area (Å²) in [6.45, 7) is 3.72. The van der Waals surface area contributed by atoms with Gasteiger partial charge in [0.2, 0.25) is 0 Å². The molecule has 0 spiro atoms. The van der Waals surface area contributed by atoms with Gasteiger partial charge in [-0.05, 0) is 54.0 Å². The molecule has 2 aromatic carbocycles. The van der Waals surface area contributed by atoms with E-state index in [0.717, 1.165) is 4.47 Å². The summed E-state index contributed by atoms with van der Waals surface area (Å²) in [5.41, 5.74) is 0.860. The molecule has 0 saturated carbocycles. The average molecular weight is 555 g/mol. The van der Waals surface area contributed by atoms with Crippen LogP contribution in [0.2, 0.25) is 5.02 Å². The molecular weight excluding hydrogens is 540 g/mol. The van der Waals surface area contributed by atoms with E-state index in [-0.39, 0.29) is 22.9 Å². The van der Waals surface area contributed by atoms with Gasteiger partial charge >= 0.3 is 0 Å². The minimum Gasteiger partial charge on any atom is -0.490 e. The maximum Gasteiger partial charge on any atom is 0.282 e. The number of halogens is 3. The van der Waals surface area contributed by atoms with Crippen molar-refractivity contribution in [1.29, 1.82) is 5.26 Å². The molecule has 30 heavy (non-hydrogen) atoms. The van der Waals surface area contributed by atoms with E-state index in [1.54, 1.807) is 25.1 Å². The number of benzene rings is 2. The predicted molar refractivity (Wildman–Crippen MR) is 123 cm³/mol. The average Bonchev–Trinajstić information content (AvgIpc) is 2.72. The standard InChI is InChI=1S/C20H15Br2ClN4O3/c1-3-29-16-8-12(17(22)18(23)19(16)30-7-6-24)10-25-27-11(2)26-15-5-4-13(21)9-14(15)20(27)28/h4-5,8-10H,3,7H2,1-2H3. The molecule has 0 N–H and O–H groups in total. The summed E-state index contributed by atoms with van der Waals surface area (Å²) in [5, 5.41) is 13.8. The Kier molecular flexibility index (Phi) is 7.13. The lowest BCUT2D eigenvalue weighted by molar-refractivity contribution is 0.298. The molecule has 0 fully saturated rings. The highest BCUT2D eigenvalue weighted by atomic mass is 79.9. The lowest BCUT2D eigenvalue weighted by Gasteiger charge is -2.14. The number of hydrogen-bond donors (Lipinski definition) is 0. The third kappa shape index (κ3) is 4.51. The Morgan fingerprint density at radius 3 is 2.80 bits per heavy atom. The molecule has 0 aliphatic carbocycles. The monoisotopic (exact) mass is 552 g/mol. The molecule has 3 aromatic rings. The molecule has 0 amide bonds. The van der Waals surface area contributed by atoms with Crippen LogP contribution in [0.15, 0.2) is 43.1 Å². The van der Waals surface area contributed by atoms with Crippen molar-refractivity contribution < 1.29 is 9.47 Å². The lowest BCUT2D eigenvalue weighted by atomic mass is 10.2. The molecule has 154 valence electrons. The second-order valence-electron chi connectivity index (χ2n) is 5.98. The van der Waals surface area contributed by atoms with Crippen molar-refractivity contribution in [3.63, 3.8) is 0 Å². The van der Waals surface area contributed by atoms with E-state index in [0.29, 0.717) is 39.1 Å². The van der Waals surface area contributed by atoms with E-state index < -0.39 is 0 Å². The van der Waals surface area contributed by atoms with Crippen LogP contribution in [0.1, 0.15) is 18.3 Å². The number of aryl methyl sites for hydroxylation is 1. The highest BCUT2D eigenvalue weighted by Crippen LogP contribution is 2.42. The molecular formula is C20H15Br2ClN4O3. The normalized spacial score (nSPS) is 11.1. The number of nitrogens with zero attached hydrogens (tertiary/aromatic N) is 4. The van der Waals surface area contributed by atoms with Gasteiger partial charge in [0, 0.05) is 14.5 Å². The number of fused-ring (bicyclic) bond motifs is 1. The molecule has 0 radical (unpaired) electrons. The van der Waals surface area contributed by atoms with Crippen molar-refractivity contribution in [1.82, 2.24) is 9.66 Å². The van der Waals surface area contributed by atoms with E-state index in [1.165, 1.54) is 10.9 Å². The molecule has 1 heterocycles. The Balaban J connectivity index is 2.10. The summed E-state index contributed by atoms with van der Waals surface area (Å²) >= 11 is 13.2. The molecule has 0 atom stereocenters. The second kappa shape index (κ2) is 9.60. The van der Waals surface area contributed by atoms with E-state index in [4.69, 9.17) is 26.3 Å². The Hall–Kier alpha value is -2.41. The molecule has 7 nitrogen and oxygen atoms in total. The van der Waals surface area contributed by atoms with E-state index in [1.807, 2.05) is 19.1 Å². The fourth-order valence-electron chi connectivity index (χ4n) is 2.72. The molecule has 0 aliphatic heterocycles. The minimum absolute atomic E-state index is 0.174. The van der Waals surface area contributed by atoms with Crippen LogP contribution in [0.5, 0.6) is 11.5 Å². The zero-order chi connectivity index (χ0) is 21.8. The SMILES string of the molecule is CCOc1cc(C=Nn2c(C)nc3ccc(Br)cc3c2=O)c(Br)c(Cl)c1OCC#N. The predicted octanol–water partition coefficient (Wildman–Crippen LogP) is 5.07. The van der Waals surface area contributed by atoms with Crippen molar-refractivity contribution >= 4 is 60.6 Å². The van der Waals surface area contributed by atoms with Crippen molar-refractivity contribution in [3.8, 4) is 17.6 Å². The van der Waals surface area contributed by atoms with Gasteiger partial charge in [-0.1, -0.05) is 27.5 Å². The molecule has 0 unspecified atom stereocenters. The molecule has 0 saturated heterocycles. The van der Waals surface area contributed by atoms with Crippen LogP contribution in [-0.2, 0) is 0 Å². The number of ether oxygens (including phenoxy) is 2. The zero-order valence-corrected chi connectivity index (χ0v) is 19.9. The van der Waals surface area contributed by atoms with Crippen molar-refractivity contribution in [3.05, 3.63) is 60.0 Å². The Morgan fingerprint density at radius 1 is 1.33 bits per heavy atom. The van der Waals surface area contributed by atoms with Gasteiger partial charge in [0.15, 0.2) is 18.1 Å². The zero-order valence-electron chi connectivity index (χ0n) is 15.9. The van der Waals surface area contributed by atoms with Crippen LogP contribution in [0.4, 0.5) is 0 Å². The Labute approximate surface area is 194 Å². The summed E-state index contributed by atoms with van der Waals surface area (Å²) in [7, 11) is 0. The third-order valence-electron chi connectivity index (χ3n) is 4.02. The van der Waals surface area contributed by atoms with Crippen molar-refractivity contribution in [2.45, 2.75) is 13.8 Å². The lowest BCUT2D eigenvalue weighted by Crippen LogP contribution is -2.20. The summed E-state index contributed by atoms with van der Waals surface area (Å²) in [6, 6.07) is 8.87. The largest absolute Gasteiger partial charge is 0.490 e. The van der Waals surface area contributed by atoms with Gasteiger partial charge < -0.3 is 9.47 Å². The first kappa shape index (κ1) is 22.3. The topological polar surface area (TPSA) is 89.5 Å². The van der Waals surface area contributed by atoms with Crippen LogP contribution < -0.4 is 15.0 Å². The van der Waals surface area contributed by atoms with Gasteiger partial charge in [0.25, 0.3) is 5.56 Å². The van der Waals surface area contributed by atoms with E-state index in [9.17, 15) is 4.79 Å². The van der Waals surface area contributed by atoms with Gasteiger partial charge in [-0.2, -0.15) is 15.0 Å². The highest BCUT2D eigenvalue weighted by molar-refractivity contribution is 9.10. The van der Waals surface area contributed by atoms with Crippen LogP contribution >= 0.6 is 43.5 Å². The smallest absolute Gasteiger partial charge is 0.282 e. The van der Waals surface area contributed by atoms with Crippen LogP contribution in [0.3, 0.4) is 0 Å². The summed E-state index contributed by atoms with van der Waals surface area (Å²) in [4.78, 5) is 17.3. The summed E-state index contributed by atoms with van der Waals surface area (Å²) < 4.78 is 13.5. The van der Waals surface area contributed by atoms with Gasteiger partial charge in [0.05, 0.1) is 23.7 Å². The first-order chi connectivity index (χ1) is 14.4. The molecule has 3 rings (SSSR count). The molecule has 0 aliphatic rings. The van der Waals surface area contributed by atoms with Crippen LogP contribution in [-0.4, -0.2) is 29.1 Å². The number of hydrogen-bond acceptors (Lipinski definition) is 6.